The first-order valence-electron chi connectivity index (χ1n) is 5.16. The van der Waals surface area contributed by atoms with Crippen LogP contribution >= 0.6 is 0 Å². The Morgan fingerprint density at radius 1 is 1.25 bits per heavy atom. The third-order valence-electron chi connectivity index (χ3n) is 2.71. The van der Waals surface area contributed by atoms with Gasteiger partial charge >= 0.3 is 0 Å². The number of nitrogens with one attached hydrogen (secondary N) is 2. The second-order valence-corrected chi connectivity index (χ2v) is 3.91. The van der Waals surface area contributed by atoms with Gasteiger partial charge in [0.25, 0.3) is 6.09 Å². The molecule has 5 nitrogen and oxygen atoms in total. The Kier molecular flexibility index (Phi) is 2.72. The maximum Gasteiger partial charge on any atom is 0.283 e. The molecule has 1 aromatic heterocycles. The van der Waals surface area contributed by atoms with Crippen LogP contribution in [0, 0.1) is 6.92 Å². The van der Waals surface area contributed by atoms with Crippen LogP contribution in [-0.2, 0) is 0 Å². The summed E-state index contributed by atoms with van der Waals surface area (Å²) < 4.78 is 13.5. The zero-order valence-electron chi connectivity index (χ0n) is 9.45. The van der Waals surface area contributed by atoms with Gasteiger partial charge in [0.05, 0.1) is 6.04 Å². The van der Waals surface area contributed by atoms with Crippen LogP contribution in [0.5, 0.6) is 0 Å². The molecule has 6 heteroatoms. The lowest BCUT2D eigenvalue weighted by Gasteiger charge is -2.18. The van der Waals surface area contributed by atoms with Crippen LogP contribution in [-0.4, -0.2) is 28.1 Å². The smallest absolute Gasteiger partial charge is 0.283 e. The van der Waals surface area contributed by atoms with E-state index in [2.05, 4.69) is 25.6 Å². The van der Waals surface area contributed by atoms with Crippen LogP contribution in [0.4, 0.5) is 16.0 Å². The molecule has 1 aromatic rings. The molecule has 0 saturated heterocycles. The molecule has 2 rings (SSSR count). The summed E-state index contributed by atoms with van der Waals surface area (Å²) in [6, 6.07) is -0.171. The Balaban J connectivity index is 2.47. The van der Waals surface area contributed by atoms with Gasteiger partial charge in [-0.05, 0) is 20.8 Å². The van der Waals surface area contributed by atoms with Gasteiger partial charge in [-0.3, -0.25) is 0 Å². The molecule has 2 heterocycles. The van der Waals surface area contributed by atoms with Crippen molar-refractivity contribution < 1.29 is 4.39 Å². The SMILES string of the molecule is Cc1c2ncnc1NC(C)C(C)N=C(F)N2. The van der Waals surface area contributed by atoms with E-state index in [0.717, 1.165) is 5.56 Å². The third-order valence-corrected chi connectivity index (χ3v) is 2.71. The molecule has 0 spiro atoms. The topological polar surface area (TPSA) is 62.2 Å². The van der Waals surface area contributed by atoms with Crippen LogP contribution in [0.3, 0.4) is 0 Å². The molecule has 2 atom stereocenters. The quantitative estimate of drug-likeness (QED) is 0.657. The van der Waals surface area contributed by atoms with E-state index in [0.29, 0.717) is 11.6 Å². The summed E-state index contributed by atoms with van der Waals surface area (Å²) in [5.41, 5.74) is 0.786. The minimum Gasteiger partial charge on any atom is -0.365 e. The summed E-state index contributed by atoms with van der Waals surface area (Å²) in [5, 5.41) is 5.73. The molecule has 16 heavy (non-hydrogen) atoms. The fourth-order valence-corrected chi connectivity index (χ4v) is 1.48. The predicted molar refractivity (Wildman–Crippen MR) is 61.5 cm³/mol. The summed E-state index contributed by atoms with van der Waals surface area (Å²) in [4.78, 5) is 12.0. The highest BCUT2D eigenvalue weighted by atomic mass is 19.1. The predicted octanol–water partition coefficient (Wildman–Crippen LogP) is 1.72. The molecule has 2 unspecified atom stereocenters. The Morgan fingerprint density at radius 3 is 2.69 bits per heavy atom. The van der Waals surface area contributed by atoms with Crippen LogP contribution in [0.1, 0.15) is 19.4 Å². The molecule has 1 aliphatic rings. The first kappa shape index (κ1) is 10.8. The number of hydrogen-bond acceptors (Lipinski definition) is 5. The van der Waals surface area contributed by atoms with Crippen molar-refractivity contribution in [2.75, 3.05) is 10.6 Å². The van der Waals surface area contributed by atoms with Crippen molar-refractivity contribution in [3.63, 3.8) is 0 Å². The summed E-state index contributed by atoms with van der Waals surface area (Å²) in [6.45, 7) is 5.62. The van der Waals surface area contributed by atoms with Gasteiger partial charge in [-0.25, -0.2) is 15.0 Å². The summed E-state index contributed by atoms with van der Waals surface area (Å²) in [6.07, 6.45) is 0.781. The first-order chi connectivity index (χ1) is 7.58. The highest BCUT2D eigenvalue weighted by molar-refractivity contribution is 5.88. The van der Waals surface area contributed by atoms with E-state index in [9.17, 15) is 4.39 Å². The van der Waals surface area contributed by atoms with Gasteiger partial charge < -0.3 is 10.6 Å². The fraction of sp³-hybridized carbons (Fsp3) is 0.500. The lowest BCUT2D eigenvalue weighted by Crippen LogP contribution is -2.28. The standard InChI is InChI=1S/C10H14FN5/c1-5-8-12-4-13-9(5)16-10(11)15-7(3)6(2)14-8/h4,6-7H,1-3H3,(H2,12,13,14,15,16). The maximum absolute atomic E-state index is 13.5. The molecule has 0 radical (unpaired) electrons. The summed E-state index contributed by atoms with van der Waals surface area (Å²) >= 11 is 0. The number of aromatic nitrogens is 2. The fourth-order valence-electron chi connectivity index (χ4n) is 1.48. The van der Waals surface area contributed by atoms with Gasteiger partial charge in [0.15, 0.2) is 0 Å². The average molecular weight is 223 g/mol. The van der Waals surface area contributed by atoms with E-state index in [1.54, 1.807) is 0 Å². The number of halogens is 1. The average Bonchev–Trinajstić information content (AvgIpc) is 2.25. The van der Waals surface area contributed by atoms with Crippen molar-refractivity contribution in [1.82, 2.24) is 9.97 Å². The highest BCUT2D eigenvalue weighted by Gasteiger charge is 2.18. The Labute approximate surface area is 93.2 Å². The molecule has 0 aliphatic carbocycles. The van der Waals surface area contributed by atoms with Gasteiger partial charge in [0.2, 0.25) is 0 Å². The summed E-state index contributed by atoms with van der Waals surface area (Å²) in [5.74, 6) is 1.15. The van der Waals surface area contributed by atoms with E-state index in [1.165, 1.54) is 6.33 Å². The molecule has 2 N–H and O–H groups in total. The largest absolute Gasteiger partial charge is 0.365 e. The van der Waals surface area contributed by atoms with Crippen molar-refractivity contribution in [1.29, 1.82) is 0 Å². The lowest BCUT2D eigenvalue weighted by atomic mass is 10.2. The molecule has 0 aromatic carbocycles. The number of hydrogen-bond donors (Lipinski definition) is 2. The number of fused-ring (bicyclic) bond motifs is 2. The van der Waals surface area contributed by atoms with Crippen LogP contribution < -0.4 is 10.6 Å². The van der Waals surface area contributed by atoms with E-state index in [-0.39, 0.29) is 12.1 Å². The molecule has 0 fully saturated rings. The van der Waals surface area contributed by atoms with Crippen LogP contribution in [0.25, 0.3) is 0 Å². The minimum absolute atomic E-state index is 0.00657. The molecular formula is C10H14FN5. The monoisotopic (exact) mass is 223 g/mol. The third kappa shape index (κ3) is 1.95. The van der Waals surface area contributed by atoms with Crippen molar-refractivity contribution >= 4 is 17.7 Å². The molecule has 86 valence electrons. The van der Waals surface area contributed by atoms with Crippen molar-refractivity contribution in [2.45, 2.75) is 32.9 Å². The van der Waals surface area contributed by atoms with Crippen molar-refractivity contribution in [3.05, 3.63) is 11.9 Å². The van der Waals surface area contributed by atoms with Gasteiger partial charge in [-0.1, -0.05) is 0 Å². The normalized spacial score (nSPS) is 24.4. The molecule has 1 aliphatic heterocycles. The zero-order chi connectivity index (χ0) is 11.7. The second kappa shape index (κ2) is 4.03. The number of rotatable bonds is 0. The minimum atomic E-state index is -0.615. The van der Waals surface area contributed by atoms with Crippen molar-refractivity contribution in [3.8, 4) is 0 Å². The number of nitrogens with zero attached hydrogens (tertiary/aromatic N) is 3. The van der Waals surface area contributed by atoms with Crippen LogP contribution in [0.15, 0.2) is 11.3 Å². The van der Waals surface area contributed by atoms with Gasteiger partial charge in [-0.15, -0.1) is 0 Å². The lowest BCUT2D eigenvalue weighted by molar-refractivity contribution is 0.623. The number of amidine groups is 1. The van der Waals surface area contributed by atoms with E-state index >= 15 is 0 Å². The Hall–Kier alpha value is -1.72. The number of aliphatic imine (C=N–C) groups is 1. The number of anilines is 2. The van der Waals surface area contributed by atoms with E-state index in [4.69, 9.17) is 0 Å². The zero-order valence-corrected chi connectivity index (χ0v) is 9.45. The second-order valence-electron chi connectivity index (χ2n) is 3.91. The molecule has 0 saturated carbocycles. The Morgan fingerprint density at radius 2 is 1.94 bits per heavy atom. The highest BCUT2D eigenvalue weighted by Crippen LogP contribution is 2.21. The first-order valence-corrected chi connectivity index (χ1v) is 5.16. The molecular weight excluding hydrogens is 209 g/mol. The molecule has 2 bridgehead atoms. The van der Waals surface area contributed by atoms with E-state index < -0.39 is 6.09 Å². The Bertz CT molecular complexity index is 431. The van der Waals surface area contributed by atoms with Gasteiger partial charge in [0.1, 0.15) is 18.0 Å². The van der Waals surface area contributed by atoms with Crippen LogP contribution in [0.2, 0.25) is 0 Å². The van der Waals surface area contributed by atoms with E-state index in [1.807, 2.05) is 20.8 Å². The molecule has 0 amide bonds. The maximum atomic E-state index is 13.5. The van der Waals surface area contributed by atoms with Gasteiger partial charge in [0, 0.05) is 11.6 Å². The van der Waals surface area contributed by atoms with Gasteiger partial charge in [-0.2, -0.15) is 4.39 Å². The van der Waals surface area contributed by atoms with Crippen molar-refractivity contribution in [2.24, 2.45) is 4.99 Å². The summed E-state index contributed by atoms with van der Waals surface area (Å²) in [7, 11) is 0.